The number of hydrogen-bond acceptors (Lipinski definition) is 3. The van der Waals surface area contributed by atoms with Crippen LogP contribution in [0.25, 0.3) is 0 Å². The Balaban J connectivity index is 2.28. The Hall–Kier alpha value is -0.120. The molecule has 0 spiro atoms. The van der Waals surface area contributed by atoms with E-state index >= 15 is 0 Å². The molecule has 3 atom stereocenters. The summed E-state index contributed by atoms with van der Waals surface area (Å²) in [4.78, 5) is 0. The van der Waals surface area contributed by atoms with Crippen LogP contribution in [0.3, 0.4) is 0 Å². The highest BCUT2D eigenvalue weighted by Gasteiger charge is 2.25. The van der Waals surface area contributed by atoms with Crippen LogP contribution < -0.4 is 11.1 Å². The van der Waals surface area contributed by atoms with Gasteiger partial charge in [-0.1, -0.05) is 13.8 Å². The highest BCUT2D eigenvalue weighted by molar-refractivity contribution is 4.81. The first kappa shape index (κ1) is 12.9. The lowest BCUT2D eigenvalue weighted by Gasteiger charge is -2.30. The lowest BCUT2D eigenvalue weighted by molar-refractivity contribution is 0.175. The van der Waals surface area contributed by atoms with E-state index in [2.05, 4.69) is 26.1 Å². The summed E-state index contributed by atoms with van der Waals surface area (Å²) in [6.45, 7) is 10.3. The normalized spacial score (nSPS) is 27.6. The van der Waals surface area contributed by atoms with Crippen molar-refractivity contribution in [3.05, 3.63) is 0 Å². The first-order valence-corrected chi connectivity index (χ1v) is 6.12. The largest absolute Gasteiger partial charge is 0.381 e. The second-order valence-corrected chi connectivity index (χ2v) is 5.16. The van der Waals surface area contributed by atoms with Crippen LogP contribution in [0, 0.1) is 11.3 Å². The van der Waals surface area contributed by atoms with Gasteiger partial charge in [-0.25, -0.2) is 0 Å². The van der Waals surface area contributed by atoms with E-state index in [-0.39, 0.29) is 5.41 Å². The molecule has 0 aromatic carbocycles. The highest BCUT2D eigenvalue weighted by Crippen LogP contribution is 2.20. The van der Waals surface area contributed by atoms with Gasteiger partial charge < -0.3 is 15.8 Å². The van der Waals surface area contributed by atoms with Crippen LogP contribution in [-0.4, -0.2) is 32.3 Å². The van der Waals surface area contributed by atoms with Gasteiger partial charge in [-0.2, -0.15) is 0 Å². The van der Waals surface area contributed by atoms with Crippen molar-refractivity contribution in [3.8, 4) is 0 Å². The fourth-order valence-corrected chi connectivity index (χ4v) is 1.86. The van der Waals surface area contributed by atoms with Gasteiger partial charge in [-0.05, 0) is 37.6 Å². The molecule has 15 heavy (non-hydrogen) atoms. The quantitative estimate of drug-likeness (QED) is 0.702. The molecule has 3 heteroatoms. The molecule has 1 rings (SSSR count). The fraction of sp³-hybridized carbons (Fsp3) is 1.00. The summed E-state index contributed by atoms with van der Waals surface area (Å²) in [5.41, 5.74) is 6.04. The third-order valence-corrected chi connectivity index (χ3v) is 3.87. The van der Waals surface area contributed by atoms with Gasteiger partial charge >= 0.3 is 0 Å². The molecule has 0 radical (unpaired) electrons. The van der Waals surface area contributed by atoms with Crippen molar-refractivity contribution in [2.45, 2.75) is 39.7 Å². The Labute approximate surface area is 93.8 Å². The highest BCUT2D eigenvalue weighted by atomic mass is 16.5. The van der Waals surface area contributed by atoms with Crippen molar-refractivity contribution in [2.24, 2.45) is 17.1 Å². The predicted octanol–water partition coefficient (Wildman–Crippen LogP) is 1.38. The van der Waals surface area contributed by atoms with Crippen molar-refractivity contribution in [2.75, 3.05) is 26.3 Å². The van der Waals surface area contributed by atoms with Gasteiger partial charge in [0.1, 0.15) is 0 Å². The van der Waals surface area contributed by atoms with Crippen molar-refractivity contribution >= 4 is 0 Å². The molecule has 3 N–H and O–H groups in total. The Bertz CT molecular complexity index is 174. The Morgan fingerprint density at radius 3 is 2.80 bits per heavy atom. The van der Waals surface area contributed by atoms with E-state index in [0.29, 0.717) is 12.0 Å². The Kier molecular flexibility index (Phi) is 5.03. The van der Waals surface area contributed by atoms with Crippen LogP contribution in [0.2, 0.25) is 0 Å². The van der Waals surface area contributed by atoms with Gasteiger partial charge in [0, 0.05) is 19.2 Å². The molecule has 1 aliphatic heterocycles. The van der Waals surface area contributed by atoms with Crippen molar-refractivity contribution < 1.29 is 4.74 Å². The van der Waals surface area contributed by atoms with Crippen LogP contribution in [0.4, 0.5) is 0 Å². The van der Waals surface area contributed by atoms with Crippen LogP contribution >= 0.6 is 0 Å². The van der Waals surface area contributed by atoms with E-state index in [1.54, 1.807) is 0 Å². The predicted molar refractivity (Wildman–Crippen MR) is 63.8 cm³/mol. The maximum Gasteiger partial charge on any atom is 0.0509 e. The molecule has 0 bridgehead atoms. The van der Waals surface area contributed by atoms with E-state index in [0.717, 1.165) is 32.7 Å². The summed E-state index contributed by atoms with van der Waals surface area (Å²) in [5.74, 6) is 0.684. The van der Waals surface area contributed by atoms with Gasteiger partial charge in [0.05, 0.1) is 6.61 Å². The molecule has 1 saturated heterocycles. The smallest absolute Gasteiger partial charge is 0.0509 e. The minimum absolute atomic E-state index is 0.244. The van der Waals surface area contributed by atoms with E-state index in [1.807, 2.05) is 0 Å². The summed E-state index contributed by atoms with van der Waals surface area (Å²) in [5, 5.41) is 3.61. The zero-order valence-corrected chi connectivity index (χ0v) is 10.4. The molecular weight excluding hydrogens is 188 g/mol. The van der Waals surface area contributed by atoms with Gasteiger partial charge in [0.2, 0.25) is 0 Å². The monoisotopic (exact) mass is 214 g/mol. The topological polar surface area (TPSA) is 47.3 Å². The molecule has 0 amide bonds. The average Bonchev–Trinajstić information content (AvgIpc) is 2.79. The van der Waals surface area contributed by atoms with E-state index in [4.69, 9.17) is 10.5 Å². The second-order valence-electron chi connectivity index (χ2n) is 5.16. The summed E-state index contributed by atoms with van der Waals surface area (Å²) >= 11 is 0. The molecule has 1 aliphatic rings. The molecule has 3 nitrogen and oxygen atoms in total. The molecular formula is C12H26N2O. The number of ether oxygens (including phenoxy) is 1. The molecule has 3 unspecified atom stereocenters. The first-order chi connectivity index (χ1) is 7.11. The van der Waals surface area contributed by atoms with Gasteiger partial charge in [-0.15, -0.1) is 0 Å². The maximum atomic E-state index is 5.79. The summed E-state index contributed by atoms with van der Waals surface area (Å²) < 4.78 is 5.40. The zero-order chi connectivity index (χ0) is 11.3. The second kappa shape index (κ2) is 5.83. The number of hydrogen-bond donors (Lipinski definition) is 2. The van der Waals surface area contributed by atoms with Gasteiger partial charge in [0.15, 0.2) is 0 Å². The molecule has 0 saturated carbocycles. The number of rotatable bonds is 6. The van der Waals surface area contributed by atoms with Crippen molar-refractivity contribution in [1.29, 1.82) is 0 Å². The van der Waals surface area contributed by atoms with Gasteiger partial charge in [0.25, 0.3) is 0 Å². The third-order valence-electron chi connectivity index (χ3n) is 3.87. The van der Waals surface area contributed by atoms with E-state index in [1.165, 1.54) is 6.42 Å². The maximum absolute atomic E-state index is 5.79. The molecule has 0 aromatic rings. The number of nitrogens with one attached hydrogen (secondary N) is 1. The zero-order valence-electron chi connectivity index (χ0n) is 10.4. The van der Waals surface area contributed by atoms with Gasteiger partial charge in [-0.3, -0.25) is 0 Å². The fourth-order valence-electron chi connectivity index (χ4n) is 1.86. The van der Waals surface area contributed by atoms with Crippen LogP contribution in [0.5, 0.6) is 0 Å². The van der Waals surface area contributed by atoms with E-state index < -0.39 is 0 Å². The summed E-state index contributed by atoms with van der Waals surface area (Å²) in [6.07, 6.45) is 2.32. The molecule has 90 valence electrons. The SMILES string of the molecule is CCC(C)(CN)CNC(C)C1CCOC1. The third kappa shape index (κ3) is 3.74. The lowest BCUT2D eigenvalue weighted by atomic mass is 9.87. The van der Waals surface area contributed by atoms with Crippen molar-refractivity contribution in [1.82, 2.24) is 5.32 Å². The molecule has 0 aromatic heterocycles. The van der Waals surface area contributed by atoms with Crippen LogP contribution in [0.1, 0.15) is 33.6 Å². The van der Waals surface area contributed by atoms with Crippen LogP contribution in [0.15, 0.2) is 0 Å². The minimum atomic E-state index is 0.244. The van der Waals surface area contributed by atoms with Crippen LogP contribution in [-0.2, 0) is 4.74 Å². The number of nitrogens with two attached hydrogens (primary N) is 1. The summed E-state index contributed by atoms with van der Waals surface area (Å²) in [7, 11) is 0. The molecule has 1 fully saturated rings. The van der Waals surface area contributed by atoms with Crippen molar-refractivity contribution in [3.63, 3.8) is 0 Å². The molecule has 1 heterocycles. The average molecular weight is 214 g/mol. The summed E-state index contributed by atoms with van der Waals surface area (Å²) in [6, 6.07) is 0.546. The first-order valence-electron chi connectivity index (χ1n) is 6.12. The molecule has 0 aliphatic carbocycles. The minimum Gasteiger partial charge on any atom is -0.381 e. The Morgan fingerprint density at radius 2 is 2.33 bits per heavy atom. The van der Waals surface area contributed by atoms with E-state index in [9.17, 15) is 0 Å². The standard InChI is InChI=1S/C12H26N2O/c1-4-12(3,8-13)9-14-10(2)11-5-6-15-7-11/h10-11,14H,4-9,13H2,1-3H3. The lowest BCUT2D eigenvalue weighted by Crippen LogP contribution is -2.43. The Morgan fingerprint density at radius 1 is 1.60 bits per heavy atom.